The number of nitrogens with zero attached hydrogens (tertiary/aromatic N) is 5. The van der Waals surface area contributed by atoms with Crippen molar-refractivity contribution in [2.75, 3.05) is 32.7 Å². The maximum Gasteiger partial charge on any atom is 0.248 e. The van der Waals surface area contributed by atoms with Crippen molar-refractivity contribution < 1.29 is 74.4 Å². The summed E-state index contributed by atoms with van der Waals surface area (Å²) >= 11 is 0. The number of hydrogen-bond acceptors (Lipinski definition) is 18. The van der Waals surface area contributed by atoms with Crippen molar-refractivity contribution in [3.05, 3.63) is 45.8 Å². The SMILES string of the molecule is CCC(C)CC(C)CCCCCCCCC(=O)N[C@H]1C[C@@H](O)[C@H](NCCN)NC(=O)[C@@H]2[C@@H](O)CCN2C(=O)[C@H]([C@@H](O)CCN)NC(=O)[C@H]([C@H](O)[C@@H](O)c2ccc(O)cc2)NC(=O)[C@@H]2C[C@@H](O)CN2C(=O)[C@H]([C@@H](C)O)NC1=O.[N-]=[N+]=[N-]. The first-order valence-corrected chi connectivity index (χ1v) is 27.7. The van der Waals surface area contributed by atoms with E-state index >= 15 is 0 Å². The number of aromatic hydroxyl groups is 1. The number of unbranched alkanes of at least 4 members (excludes halogenated alkanes) is 5. The highest BCUT2D eigenvalue weighted by Crippen LogP contribution is 2.27. The summed E-state index contributed by atoms with van der Waals surface area (Å²) < 4.78 is 0. The predicted molar refractivity (Wildman–Crippen MR) is 290 cm³/mol. The number of rotatable bonds is 23. The van der Waals surface area contributed by atoms with Gasteiger partial charge in [-0.2, -0.15) is 0 Å². The molecule has 3 saturated heterocycles. The average molecular weight is 1140 g/mol. The maximum absolute atomic E-state index is 14.6. The quantitative estimate of drug-likeness (QED) is 0.0234. The van der Waals surface area contributed by atoms with Gasteiger partial charge < -0.3 is 99.8 Å². The number of phenolic OH excluding ortho intramolecular Hbond substituents is 1. The molecule has 1 aromatic rings. The zero-order valence-corrected chi connectivity index (χ0v) is 46.3. The molecule has 3 aliphatic heterocycles. The third-order valence-corrected chi connectivity index (χ3v) is 14.9. The molecule has 0 aromatic heterocycles. The minimum Gasteiger partial charge on any atom is -0.508 e. The van der Waals surface area contributed by atoms with E-state index in [0.717, 1.165) is 55.2 Å². The molecule has 1 aromatic carbocycles. The highest BCUT2D eigenvalue weighted by molar-refractivity contribution is 5.98. The molecule has 4 rings (SSSR count). The van der Waals surface area contributed by atoms with E-state index in [1.165, 1.54) is 35.6 Å². The summed E-state index contributed by atoms with van der Waals surface area (Å²) in [6, 6.07) is -6.40. The van der Waals surface area contributed by atoms with Gasteiger partial charge in [0.2, 0.25) is 41.4 Å². The molecule has 80 heavy (non-hydrogen) atoms. The van der Waals surface area contributed by atoms with Crippen molar-refractivity contribution in [3.63, 3.8) is 0 Å². The average Bonchev–Trinajstić information content (AvgIpc) is 4.01. The Hall–Kier alpha value is -5.78. The Balaban J connectivity index is 0.00000547. The van der Waals surface area contributed by atoms with Gasteiger partial charge in [-0.15, -0.1) is 0 Å². The molecular weight excluding hydrogens is 1050 g/mol. The second-order valence-electron chi connectivity index (χ2n) is 21.4. The molecule has 0 bridgehead atoms. The van der Waals surface area contributed by atoms with Gasteiger partial charge in [0.25, 0.3) is 0 Å². The van der Waals surface area contributed by atoms with Crippen LogP contribution in [0.15, 0.2) is 24.3 Å². The number of fused-ring (bicyclic) bond motifs is 2. The van der Waals surface area contributed by atoms with Gasteiger partial charge in [0.15, 0.2) is 0 Å². The Morgan fingerprint density at radius 1 is 0.738 bits per heavy atom. The van der Waals surface area contributed by atoms with Crippen LogP contribution < -0.4 is 43.4 Å². The molecule has 452 valence electrons. The van der Waals surface area contributed by atoms with Crippen LogP contribution in [0.3, 0.4) is 0 Å². The number of carbonyl (C=O) groups excluding carboxylic acids is 7. The lowest BCUT2D eigenvalue weighted by Gasteiger charge is -2.35. The minimum atomic E-state index is -2.28. The standard InChI is InChI=1S/C52H88N10O15.N3/c1-5-28(2)24-29(3)12-10-8-6-7-9-11-13-39(69)56-34-26-38(68)46(55-22-21-54)60-50(75)43-37(67)19-23-61(43)52(77)41(36(66)18-20-53)58-49(74)42(45(71)44(70)31-14-16-32(64)17-15-31)59-48(73)35-25-33(65)27-62(35)51(76)40(30(4)63)57-47(34)72;1-3-2/h14-17,28-30,33-38,40-46,55,63-68,70-71H,5-13,18-27,53-54H2,1-4H3,(H,56,69)(H,57,72)(H,58,74)(H,59,73)(H,60,75);/q;-1/t28?,29?,30-,33-,34+,35+,36+,37+,38-,40+,41+,42+,43+,44+,45+,46-;/m1./s1. The summed E-state index contributed by atoms with van der Waals surface area (Å²) in [6.45, 7) is 6.73. The zero-order chi connectivity index (χ0) is 59.8. The molecule has 0 radical (unpaired) electrons. The number of hydrogen-bond donors (Lipinski definition) is 16. The normalized spacial score (nSPS) is 27.7. The predicted octanol–water partition coefficient (Wildman–Crippen LogP) is -2.45. The number of nitrogens with one attached hydrogen (secondary N) is 6. The first-order valence-electron chi connectivity index (χ1n) is 27.7. The second-order valence-corrected chi connectivity index (χ2v) is 21.4. The number of amides is 7. The Labute approximate surface area is 466 Å². The van der Waals surface area contributed by atoms with E-state index in [0.29, 0.717) is 24.7 Å². The smallest absolute Gasteiger partial charge is 0.248 e. The summed E-state index contributed by atoms with van der Waals surface area (Å²) in [4.78, 5) is 103. The van der Waals surface area contributed by atoms with Crippen LogP contribution in [0.25, 0.3) is 16.0 Å². The van der Waals surface area contributed by atoms with Crippen molar-refractivity contribution in [3.8, 4) is 5.75 Å². The van der Waals surface area contributed by atoms with Crippen LogP contribution in [-0.4, -0.2) is 204 Å². The molecule has 0 saturated carbocycles. The van der Waals surface area contributed by atoms with Gasteiger partial charge in [-0.3, -0.25) is 43.8 Å². The van der Waals surface area contributed by atoms with Crippen LogP contribution in [0.2, 0.25) is 0 Å². The second kappa shape index (κ2) is 34.5. The lowest BCUT2D eigenvalue weighted by atomic mass is 9.91. The van der Waals surface area contributed by atoms with Gasteiger partial charge in [0, 0.05) is 45.4 Å². The Morgan fingerprint density at radius 2 is 1.34 bits per heavy atom. The third kappa shape index (κ3) is 20.6. The first-order chi connectivity index (χ1) is 37.9. The fourth-order valence-electron chi connectivity index (χ4n) is 10.2. The molecule has 18 N–H and O–H groups in total. The van der Waals surface area contributed by atoms with Gasteiger partial charge in [-0.05, 0) is 68.7 Å². The Bertz CT molecular complexity index is 2180. The molecule has 0 spiro atoms. The Kier molecular flexibility index (Phi) is 29.5. The van der Waals surface area contributed by atoms with E-state index in [1.54, 1.807) is 0 Å². The van der Waals surface area contributed by atoms with Crippen LogP contribution in [0, 0.1) is 11.8 Å². The third-order valence-electron chi connectivity index (χ3n) is 14.9. The van der Waals surface area contributed by atoms with Crippen molar-refractivity contribution >= 4 is 41.4 Å². The maximum atomic E-state index is 14.6. The molecule has 7 amide bonds. The Morgan fingerprint density at radius 3 is 1.95 bits per heavy atom. The molecule has 3 heterocycles. The van der Waals surface area contributed by atoms with Crippen molar-refractivity contribution in [1.82, 2.24) is 41.7 Å². The number of nitrogens with two attached hydrogens (primary N) is 2. The molecule has 28 heteroatoms. The summed E-state index contributed by atoms with van der Waals surface area (Å²) in [5.74, 6) is -6.43. The number of benzene rings is 1. The fourth-order valence-corrected chi connectivity index (χ4v) is 10.2. The summed E-state index contributed by atoms with van der Waals surface area (Å²) in [6.07, 6.45) is -6.95. The zero-order valence-electron chi connectivity index (χ0n) is 46.3. The lowest BCUT2D eigenvalue weighted by molar-refractivity contribution is -0.148. The number of phenols is 1. The first kappa shape index (κ1) is 68.5. The van der Waals surface area contributed by atoms with Crippen LogP contribution in [-0.2, 0) is 33.6 Å². The van der Waals surface area contributed by atoms with Gasteiger partial charge in [0.1, 0.15) is 60.4 Å². The molecule has 2 unspecified atom stereocenters. The minimum absolute atomic E-state index is 0.0257. The van der Waals surface area contributed by atoms with E-state index < -0.39 is 146 Å². The molecule has 3 aliphatic rings. The largest absolute Gasteiger partial charge is 0.508 e. The topological polar surface area (TPSA) is 471 Å². The van der Waals surface area contributed by atoms with Gasteiger partial charge in [-0.1, -0.05) is 77.8 Å². The monoisotopic (exact) mass is 1130 g/mol. The van der Waals surface area contributed by atoms with E-state index in [4.69, 9.17) is 22.5 Å². The number of aliphatic hydroxyl groups is 7. The number of aliphatic hydroxyl groups excluding tert-OH is 7. The van der Waals surface area contributed by atoms with Crippen molar-refractivity contribution in [2.45, 2.75) is 203 Å². The van der Waals surface area contributed by atoms with E-state index in [-0.39, 0.29) is 56.8 Å². The summed E-state index contributed by atoms with van der Waals surface area (Å²) in [5, 5.41) is 104. The molecule has 3 fully saturated rings. The van der Waals surface area contributed by atoms with Gasteiger partial charge in [-0.25, -0.2) is 0 Å². The molecular formula is C52H88N13O15-. The summed E-state index contributed by atoms with van der Waals surface area (Å²) in [5.41, 5.74) is 25.0. The van der Waals surface area contributed by atoms with E-state index in [1.807, 2.05) is 0 Å². The van der Waals surface area contributed by atoms with Crippen molar-refractivity contribution in [2.24, 2.45) is 23.3 Å². The van der Waals surface area contributed by atoms with Gasteiger partial charge in [0.05, 0.1) is 30.5 Å². The van der Waals surface area contributed by atoms with Gasteiger partial charge >= 0.3 is 0 Å². The van der Waals surface area contributed by atoms with Crippen molar-refractivity contribution in [1.29, 1.82) is 0 Å². The lowest BCUT2D eigenvalue weighted by Crippen LogP contribution is -2.65. The molecule has 28 nitrogen and oxygen atoms in total. The van der Waals surface area contributed by atoms with E-state index in [9.17, 15) is 74.4 Å². The highest BCUT2D eigenvalue weighted by Gasteiger charge is 2.49. The van der Waals surface area contributed by atoms with Crippen LogP contribution in [0.1, 0.15) is 129 Å². The summed E-state index contributed by atoms with van der Waals surface area (Å²) in [7, 11) is 0. The van der Waals surface area contributed by atoms with E-state index in [2.05, 4.69) is 52.7 Å². The number of carbonyl (C=O) groups is 7. The van der Waals surface area contributed by atoms with Crippen LogP contribution >= 0.6 is 0 Å². The van der Waals surface area contributed by atoms with Crippen LogP contribution in [0.4, 0.5) is 0 Å². The fraction of sp³-hybridized carbons (Fsp3) is 0.750. The molecule has 16 atom stereocenters. The highest BCUT2D eigenvalue weighted by atomic mass is 16.3. The van der Waals surface area contributed by atoms with Crippen LogP contribution in [0.5, 0.6) is 5.75 Å². The molecule has 0 aliphatic carbocycles.